The highest BCUT2D eigenvalue weighted by Gasteiger charge is 2.18. The first kappa shape index (κ1) is 10.3. The number of aryl methyl sites for hydroxylation is 2. The summed E-state index contributed by atoms with van der Waals surface area (Å²) in [5, 5.41) is 4.15. The summed E-state index contributed by atoms with van der Waals surface area (Å²) in [5.41, 5.74) is 7.38. The third-order valence-corrected chi connectivity index (χ3v) is 2.69. The zero-order valence-electron chi connectivity index (χ0n) is 8.45. The van der Waals surface area contributed by atoms with Crippen LogP contribution in [-0.4, -0.2) is 22.5 Å². The molecule has 2 rings (SSSR count). The van der Waals surface area contributed by atoms with E-state index in [1.54, 1.807) is 0 Å². The highest BCUT2D eigenvalue weighted by molar-refractivity contribution is 5.22. The van der Waals surface area contributed by atoms with Crippen molar-refractivity contribution >= 4 is 0 Å². The van der Waals surface area contributed by atoms with Gasteiger partial charge in [-0.25, -0.2) is 9.07 Å². The SMILES string of the molecule is NC1CCc2nn(CCF)c(=O)cc2C1. The van der Waals surface area contributed by atoms with Crippen molar-refractivity contribution in [3.05, 3.63) is 27.7 Å². The van der Waals surface area contributed by atoms with Crippen molar-refractivity contribution in [2.75, 3.05) is 6.67 Å². The Morgan fingerprint density at radius 3 is 3.20 bits per heavy atom. The molecule has 2 N–H and O–H groups in total. The van der Waals surface area contributed by atoms with Gasteiger partial charge in [0.25, 0.3) is 5.56 Å². The average Bonchev–Trinajstić information content (AvgIpc) is 2.20. The van der Waals surface area contributed by atoms with Crippen LogP contribution in [0.25, 0.3) is 0 Å². The Labute approximate surface area is 86.9 Å². The first-order valence-electron chi connectivity index (χ1n) is 5.12. The maximum absolute atomic E-state index is 12.1. The second-order valence-electron chi connectivity index (χ2n) is 3.87. The summed E-state index contributed by atoms with van der Waals surface area (Å²) in [7, 11) is 0. The lowest BCUT2D eigenvalue weighted by atomic mass is 9.93. The highest BCUT2D eigenvalue weighted by atomic mass is 19.1. The minimum atomic E-state index is -0.564. The van der Waals surface area contributed by atoms with Crippen LogP contribution in [0.4, 0.5) is 4.39 Å². The van der Waals surface area contributed by atoms with Gasteiger partial charge in [-0.05, 0) is 24.8 Å². The van der Waals surface area contributed by atoms with Crippen molar-refractivity contribution in [1.82, 2.24) is 9.78 Å². The van der Waals surface area contributed by atoms with E-state index in [1.165, 1.54) is 10.7 Å². The molecule has 0 bridgehead atoms. The lowest BCUT2D eigenvalue weighted by Gasteiger charge is -2.20. The van der Waals surface area contributed by atoms with Crippen LogP contribution in [0.3, 0.4) is 0 Å². The molecular weight excluding hydrogens is 197 g/mol. The lowest BCUT2D eigenvalue weighted by molar-refractivity contribution is 0.409. The second-order valence-corrected chi connectivity index (χ2v) is 3.87. The smallest absolute Gasteiger partial charge is 0.267 e. The van der Waals surface area contributed by atoms with Crippen LogP contribution >= 0.6 is 0 Å². The van der Waals surface area contributed by atoms with Gasteiger partial charge in [0.2, 0.25) is 0 Å². The van der Waals surface area contributed by atoms with Gasteiger partial charge in [0.05, 0.1) is 12.2 Å². The van der Waals surface area contributed by atoms with Crippen LogP contribution in [0.2, 0.25) is 0 Å². The Morgan fingerprint density at radius 1 is 1.67 bits per heavy atom. The number of hydrogen-bond donors (Lipinski definition) is 1. The zero-order chi connectivity index (χ0) is 10.8. The summed E-state index contributed by atoms with van der Waals surface area (Å²) in [6, 6.07) is 1.66. The van der Waals surface area contributed by atoms with E-state index in [0.29, 0.717) is 6.42 Å². The predicted molar refractivity (Wildman–Crippen MR) is 54.5 cm³/mol. The molecule has 15 heavy (non-hydrogen) atoms. The second kappa shape index (κ2) is 4.10. The van der Waals surface area contributed by atoms with Gasteiger partial charge in [-0.15, -0.1) is 0 Å². The van der Waals surface area contributed by atoms with Crippen molar-refractivity contribution < 1.29 is 4.39 Å². The quantitative estimate of drug-likeness (QED) is 0.750. The van der Waals surface area contributed by atoms with Crippen molar-refractivity contribution in [3.8, 4) is 0 Å². The molecule has 4 nitrogen and oxygen atoms in total. The molecule has 0 radical (unpaired) electrons. The normalized spacial score (nSPS) is 20.0. The molecule has 1 aromatic heterocycles. The van der Waals surface area contributed by atoms with Crippen molar-refractivity contribution in [2.24, 2.45) is 5.73 Å². The third kappa shape index (κ3) is 2.07. The number of nitrogens with zero attached hydrogens (tertiary/aromatic N) is 2. The third-order valence-electron chi connectivity index (χ3n) is 2.69. The minimum absolute atomic E-state index is 0.0398. The number of nitrogens with two attached hydrogens (primary N) is 1. The van der Waals surface area contributed by atoms with Gasteiger partial charge in [-0.3, -0.25) is 4.79 Å². The van der Waals surface area contributed by atoms with E-state index >= 15 is 0 Å². The predicted octanol–water partition coefficient (Wildman–Crippen LogP) is 0.0288. The first-order valence-corrected chi connectivity index (χ1v) is 5.12. The van der Waals surface area contributed by atoms with Crippen LogP contribution < -0.4 is 11.3 Å². The molecule has 0 fully saturated rings. The van der Waals surface area contributed by atoms with Crippen molar-refractivity contribution in [2.45, 2.75) is 31.8 Å². The molecule has 1 unspecified atom stereocenters. The zero-order valence-corrected chi connectivity index (χ0v) is 8.45. The molecule has 1 aliphatic rings. The van der Waals surface area contributed by atoms with E-state index in [1.807, 2.05) is 0 Å². The lowest BCUT2D eigenvalue weighted by Crippen LogP contribution is -2.33. The molecule has 0 saturated carbocycles. The van der Waals surface area contributed by atoms with Crippen molar-refractivity contribution in [1.29, 1.82) is 0 Å². The molecule has 1 aliphatic carbocycles. The van der Waals surface area contributed by atoms with Gasteiger partial charge in [0.15, 0.2) is 0 Å². The molecule has 82 valence electrons. The Hall–Kier alpha value is -1.23. The molecule has 1 aromatic rings. The Bertz CT molecular complexity index is 416. The molecule has 0 amide bonds. The summed E-state index contributed by atoms with van der Waals surface area (Å²) in [4.78, 5) is 11.5. The van der Waals surface area contributed by atoms with Crippen molar-refractivity contribution in [3.63, 3.8) is 0 Å². The van der Waals surface area contributed by atoms with Crippen LogP contribution in [0.1, 0.15) is 17.7 Å². The Balaban J connectivity index is 2.37. The van der Waals surface area contributed by atoms with Crippen LogP contribution in [0.15, 0.2) is 10.9 Å². The maximum atomic E-state index is 12.1. The summed E-state index contributed by atoms with van der Waals surface area (Å²) < 4.78 is 13.3. The van der Waals surface area contributed by atoms with Crippen LogP contribution in [-0.2, 0) is 19.4 Å². The maximum Gasteiger partial charge on any atom is 0.267 e. The number of fused-ring (bicyclic) bond motifs is 1. The van der Waals surface area contributed by atoms with Crippen LogP contribution in [0, 0.1) is 0 Å². The van der Waals surface area contributed by atoms with Gasteiger partial charge in [0, 0.05) is 12.1 Å². The van der Waals surface area contributed by atoms with E-state index in [4.69, 9.17) is 5.73 Å². The molecule has 1 heterocycles. The Morgan fingerprint density at radius 2 is 2.47 bits per heavy atom. The van der Waals surface area contributed by atoms with Gasteiger partial charge in [-0.2, -0.15) is 5.10 Å². The highest BCUT2D eigenvalue weighted by Crippen LogP contribution is 2.16. The summed E-state index contributed by atoms with van der Waals surface area (Å²) in [6.45, 7) is -0.524. The number of aromatic nitrogens is 2. The first-order chi connectivity index (χ1) is 7.20. The monoisotopic (exact) mass is 211 g/mol. The molecule has 1 atom stereocenters. The van der Waals surface area contributed by atoms with Gasteiger partial charge < -0.3 is 5.73 Å². The summed E-state index contributed by atoms with van der Waals surface area (Å²) >= 11 is 0. The van der Waals surface area contributed by atoms with E-state index in [2.05, 4.69) is 5.10 Å². The molecule has 0 spiro atoms. The largest absolute Gasteiger partial charge is 0.327 e. The molecular formula is C10H14FN3O. The fourth-order valence-electron chi connectivity index (χ4n) is 1.90. The van der Waals surface area contributed by atoms with Gasteiger partial charge in [-0.1, -0.05) is 0 Å². The number of halogens is 1. The van der Waals surface area contributed by atoms with Gasteiger partial charge in [0.1, 0.15) is 6.67 Å². The fraction of sp³-hybridized carbons (Fsp3) is 0.600. The number of rotatable bonds is 2. The van der Waals surface area contributed by atoms with E-state index < -0.39 is 6.67 Å². The topological polar surface area (TPSA) is 60.9 Å². The molecule has 0 aliphatic heterocycles. The average molecular weight is 211 g/mol. The van der Waals surface area contributed by atoms with E-state index in [9.17, 15) is 9.18 Å². The summed E-state index contributed by atoms with van der Waals surface area (Å²) in [5.74, 6) is 0. The van der Waals surface area contributed by atoms with Gasteiger partial charge >= 0.3 is 0 Å². The molecule has 0 aromatic carbocycles. The minimum Gasteiger partial charge on any atom is -0.327 e. The number of hydrogen-bond acceptors (Lipinski definition) is 3. The molecule has 0 saturated heterocycles. The Kier molecular flexibility index (Phi) is 2.81. The standard InChI is InChI=1S/C10H14FN3O/c11-3-4-14-10(15)6-7-5-8(12)1-2-9(7)13-14/h6,8H,1-5,12H2. The van der Waals surface area contributed by atoms with E-state index in [0.717, 1.165) is 24.1 Å². The molecule has 5 heteroatoms. The van der Waals surface area contributed by atoms with E-state index in [-0.39, 0.29) is 18.1 Å². The fourth-order valence-corrected chi connectivity index (χ4v) is 1.90. The van der Waals surface area contributed by atoms with Crippen LogP contribution in [0.5, 0.6) is 0 Å². The summed E-state index contributed by atoms with van der Waals surface area (Å²) in [6.07, 6.45) is 2.37. The number of alkyl halides is 1.